The number of hydrogen-bond donors (Lipinski definition) is 1. The van der Waals surface area contributed by atoms with Crippen molar-refractivity contribution in [3.8, 4) is 11.3 Å². The van der Waals surface area contributed by atoms with E-state index in [-0.39, 0.29) is 0 Å². The summed E-state index contributed by atoms with van der Waals surface area (Å²) < 4.78 is 5.08. The van der Waals surface area contributed by atoms with Crippen LogP contribution >= 0.6 is 0 Å². The molecule has 18 heavy (non-hydrogen) atoms. The zero-order valence-electron chi connectivity index (χ0n) is 10.5. The molecule has 0 amide bonds. The van der Waals surface area contributed by atoms with E-state index in [0.717, 1.165) is 17.0 Å². The first-order valence-electron chi connectivity index (χ1n) is 5.62. The van der Waals surface area contributed by atoms with Crippen LogP contribution in [0.3, 0.4) is 0 Å². The van der Waals surface area contributed by atoms with Gasteiger partial charge in [0.2, 0.25) is 0 Å². The molecule has 0 aromatic carbocycles. The third-order valence-electron chi connectivity index (χ3n) is 2.95. The van der Waals surface area contributed by atoms with Gasteiger partial charge >= 0.3 is 5.97 Å². The van der Waals surface area contributed by atoms with Gasteiger partial charge in [-0.3, -0.25) is 9.78 Å². The summed E-state index contributed by atoms with van der Waals surface area (Å²) in [5, 5.41) is 12.8. The van der Waals surface area contributed by atoms with Gasteiger partial charge in [-0.25, -0.2) is 0 Å². The van der Waals surface area contributed by atoms with Crippen molar-refractivity contribution in [2.24, 2.45) is 0 Å². The summed E-state index contributed by atoms with van der Waals surface area (Å²) in [6.07, 6.45) is 1.58. The Balaban J connectivity index is 2.36. The van der Waals surface area contributed by atoms with E-state index in [1.54, 1.807) is 25.3 Å². The van der Waals surface area contributed by atoms with E-state index >= 15 is 0 Å². The molecule has 2 aromatic rings. The molecule has 0 aliphatic carbocycles. The molecule has 94 valence electrons. The molecular formula is C13H14N2O3. The van der Waals surface area contributed by atoms with Gasteiger partial charge < -0.3 is 9.63 Å². The monoisotopic (exact) mass is 246 g/mol. The van der Waals surface area contributed by atoms with Crippen molar-refractivity contribution in [3.05, 3.63) is 35.3 Å². The summed E-state index contributed by atoms with van der Waals surface area (Å²) in [5.41, 5.74) is 3.06. The highest BCUT2D eigenvalue weighted by Gasteiger charge is 2.16. The molecule has 2 heterocycles. The molecule has 0 saturated heterocycles. The first kappa shape index (κ1) is 12.3. The molecule has 2 aromatic heterocycles. The van der Waals surface area contributed by atoms with Gasteiger partial charge in [0.1, 0.15) is 5.76 Å². The number of carboxylic acid groups (broad SMARTS) is 1. The molecule has 5 nitrogen and oxygen atoms in total. The zero-order chi connectivity index (χ0) is 13.3. The van der Waals surface area contributed by atoms with E-state index < -0.39 is 11.9 Å². The highest BCUT2D eigenvalue weighted by molar-refractivity contribution is 5.75. The van der Waals surface area contributed by atoms with E-state index in [0.29, 0.717) is 11.3 Å². The van der Waals surface area contributed by atoms with Crippen molar-refractivity contribution >= 4 is 5.97 Å². The fourth-order valence-corrected chi connectivity index (χ4v) is 1.80. The minimum absolute atomic E-state index is 0.559. The lowest BCUT2D eigenvalue weighted by Crippen LogP contribution is -2.07. The molecule has 5 heteroatoms. The van der Waals surface area contributed by atoms with Crippen molar-refractivity contribution in [3.63, 3.8) is 0 Å². The van der Waals surface area contributed by atoms with Crippen LogP contribution in [0.2, 0.25) is 0 Å². The van der Waals surface area contributed by atoms with E-state index in [2.05, 4.69) is 10.1 Å². The highest BCUT2D eigenvalue weighted by atomic mass is 16.5. The Bertz CT molecular complexity index is 553. The summed E-state index contributed by atoms with van der Waals surface area (Å²) in [4.78, 5) is 15.2. The first-order valence-corrected chi connectivity index (χ1v) is 5.62. The van der Waals surface area contributed by atoms with Gasteiger partial charge in [0.05, 0.1) is 22.9 Å². The number of hydrogen-bond acceptors (Lipinski definition) is 4. The van der Waals surface area contributed by atoms with Gasteiger partial charge in [-0.15, -0.1) is 0 Å². The van der Waals surface area contributed by atoms with Crippen LogP contribution in [0.15, 0.2) is 22.9 Å². The third-order valence-corrected chi connectivity index (χ3v) is 2.95. The third kappa shape index (κ3) is 2.11. The summed E-state index contributed by atoms with van der Waals surface area (Å²) in [5.74, 6) is -0.711. The van der Waals surface area contributed by atoms with Crippen molar-refractivity contribution in [2.75, 3.05) is 0 Å². The van der Waals surface area contributed by atoms with Crippen LogP contribution in [-0.2, 0) is 4.79 Å². The van der Waals surface area contributed by atoms with Crippen LogP contribution < -0.4 is 0 Å². The summed E-state index contributed by atoms with van der Waals surface area (Å²) >= 11 is 0. The topological polar surface area (TPSA) is 76.2 Å². The molecule has 0 bridgehead atoms. The number of carboxylic acids is 1. The molecule has 0 fully saturated rings. The Morgan fingerprint density at radius 2 is 2.11 bits per heavy atom. The number of aromatic nitrogens is 2. The average molecular weight is 246 g/mol. The molecule has 1 unspecified atom stereocenters. The lowest BCUT2D eigenvalue weighted by molar-refractivity contribution is -0.138. The van der Waals surface area contributed by atoms with Crippen LogP contribution in [0.4, 0.5) is 0 Å². The minimum Gasteiger partial charge on any atom is -0.481 e. The lowest BCUT2D eigenvalue weighted by Gasteiger charge is -2.06. The number of aliphatic carboxylic acids is 1. The second-order valence-electron chi connectivity index (χ2n) is 4.24. The molecule has 0 aliphatic heterocycles. The van der Waals surface area contributed by atoms with Gasteiger partial charge in [-0.1, -0.05) is 11.2 Å². The second kappa shape index (κ2) is 4.60. The van der Waals surface area contributed by atoms with Crippen LogP contribution in [0, 0.1) is 13.8 Å². The summed E-state index contributed by atoms with van der Waals surface area (Å²) in [7, 11) is 0. The van der Waals surface area contributed by atoms with Crippen LogP contribution in [0.25, 0.3) is 11.3 Å². The first-order chi connectivity index (χ1) is 8.50. The molecule has 2 rings (SSSR count). The minimum atomic E-state index is -0.859. The van der Waals surface area contributed by atoms with Crippen LogP contribution in [-0.4, -0.2) is 21.2 Å². The van der Waals surface area contributed by atoms with Crippen molar-refractivity contribution < 1.29 is 14.4 Å². The lowest BCUT2D eigenvalue weighted by atomic mass is 10.0. The van der Waals surface area contributed by atoms with Crippen molar-refractivity contribution in [2.45, 2.75) is 26.7 Å². The molecule has 0 radical (unpaired) electrons. The summed E-state index contributed by atoms with van der Waals surface area (Å²) in [6.45, 7) is 5.31. The number of carbonyl (C=O) groups is 1. The van der Waals surface area contributed by atoms with Crippen LogP contribution in [0.5, 0.6) is 0 Å². The predicted octanol–water partition coefficient (Wildman–Crippen LogP) is 2.54. The van der Waals surface area contributed by atoms with Gasteiger partial charge in [0.25, 0.3) is 0 Å². The van der Waals surface area contributed by atoms with E-state index in [1.807, 2.05) is 13.8 Å². The van der Waals surface area contributed by atoms with Crippen molar-refractivity contribution in [1.82, 2.24) is 10.1 Å². The number of aryl methyl sites for hydroxylation is 2. The number of nitrogens with zero attached hydrogens (tertiary/aromatic N) is 2. The fraction of sp³-hybridized carbons (Fsp3) is 0.308. The standard InChI is InChI=1S/C13H14N2O3/c1-7(13(16)17)10-4-5-11(14-6-10)12-8(2)15-18-9(12)3/h4-7H,1-3H3,(H,16,17). The van der Waals surface area contributed by atoms with E-state index in [4.69, 9.17) is 9.63 Å². The Hall–Kier alpha value is -2.17. The summed E-state index contributed by atoms with van der Waals surface area (Å²) in [6, 6.07) is 3.56. The van der Waals surface area contributed by atoms with E-state index in [9.17, 15) is 4.79 Å². The molecule has 1 N–H and O–H groups in total. The Labute approximate surface area is 104 Å². The number of pyridine rings is 1. The van der Waals surface area contributed by atoms with Gasteiger partial charge in [-0.2, -0.15) is 0 Å². The Kier molecular flexibility index (Phi) is 3.14. The maximum atomic E-state index is 10.9. The van der Waals surface area contributed by atoms with Gasteiger partial charge in [-0.05, 0) is 32.4 Å². The largest absolute Gasteiger partial charge is 0.481 e. The maximum Gasteiger partial charge on any atom is 0.310 e. The van der Waals surface area contributed by atoms with Gasteiger partial charge in [0, 0.05) is 6.20 Å². The SMILES string of the molecule is Cc1noc(C)c1-c1ccc(C(C)C(=O)O)cn1. The molecular weight excluding hydrogens is 232 g/mol. The molecule has 0 saturated carbocycles. The normalized spacial score (nSPS) is 12.4. The molecule has 1 atom stereocenters. The second-order valence-corrected chi connectivity index (χ2v) is 4.24. The van der Waals surface area contributed by atoms with Crippen molar-refractivity contribution in [1.29, 1.82) is 0 Å². The zero-order valence-corrected chi connectivity index (χ0v) is 10.5. The maximum absolute atomic E-state index is 10.9. The Morgan fingerprint density at radius 3 is 2.56 bits per heavy atom. The molecule has 0 aliphatic rings. The molecule has 0 spiro atoms. The highest BCUT2D eigenvalue weighted by Crippen LogP contribution is 2.26. The average Bonchev–Trinajstić information content (AvgIpc) is 2.68. The smallest absolute Gasteiger partial charge is 0.310 e. The number of rotatable bonds is 3. The van der Waals surface area contributed by atoms with E-state index in [1.165, 1.54) is 0 Å². The Morgan fingerprint density at radius 1 is 1.39 bits per heavy atom. The van der Waals surface area contributed by atoms with Crippen LogP contribution in [0.1, 0.15) is 29.9 Å². The predicted molar refractivity (Wildman–Crippen MR) is 65.3 cm³/mol. The fourth-order valence-electron chi connectivity index (χ4n) is 1.80. The quantitative estimate of drug-likeness (QED) is 0.900. The van der Waals surface area contributed by atoms with Gasteiger partial charge in [0.15, 0.2) is 0 Å².